The summed E-state index contributed by atoms with van der Waals surface area (Å²) in [6.07, 6.45) is -1.36. The molecule has 1 aliphatic rings. The summed E-state index contributed by atoms with van der Waals surface area (Å²) in [5, 5.41) is 6.61. The average molecular weight is 288 g/mol. The number of alkyl halides is 3. The Labute approximate surface area is 116 Å². The SMILES string of the molecule is CC(CC1CCCN1)Nc1cccc(OC(F)(F)F)c1. The van der Waals surface area contributed by atoms with Crippen LogP contribution >= 0.6 is 0 Å². The van der Waals surface area contributed by atoms with Crippen molar-refractivity contribution in [3.05, 3.63) is 24.3 Å². The van der Waals surface area contributed by atoms with Crippen LogP contribution in [0.1, 0.15) is 26.2 Å². The molecule has 1 fully saturated rings. The fraction of sp³-hybridized carbons (Fsp3) is 0.571. The maximum atomic E-state index is 12.2. The summed E-state index contributed by atoms with van der Waals surface area (Å²) >= 11 is 0. The zero-order valence-electron chi connectivity index (χ0n) is 11.3. The third-order valence-corrected chi connectivity index (χ3v) is 3.28. The second-order valence-corrected chi connectivity index (χ2v) is 5.15. The van der Waals surface area contributed by atoms with Crippen LogP contribution in [0.15, 0.2) is 24.3 Å². The van der Waals surface area contributed by atoms with Gasteiger partial charge in [0.15, 0.2) is 0 Å². The molecule has 0 aromatic heterocycles. The Morgan fingerprint density at radius 2 is 2.25 bits per heavy atom. The molecule has 1 aromatic rings. The van der Waals surface area contributed by atoms with Crippen molar-refractivity contribution < 1.29 is 17.9 Å². The summed E-state index contributed by atoms with van der Waals surface area (Å²) in [5.74, 6) is -0.200. The van der Waals surface area contributed by atoms with Gasteiger partial charge in [-0.05, 0) is 44.9 Å². The number of benzene rings is 1. The first-order chi connectivity index (χ1) is 9.42. The minimum atomic E-state index is -4.65. The summed E-state index contributed by atoms with van der Waals surface area (Å²) in [6.45, 7) is 3.07. The predicted octanol–water partition coefficient (Wildman–Crippen LogP) is 3.53. The van der Waals surface area contributed by atoms with E-state index in [0.717, 1.165) is 19.4 Å². The molecular formula is C14H19F3N2O. The highest BCUT2D eigenvalue weighted by Crippen LogP contribution is 2.25. The van der Waals surface area contributed by atoms with E-state index in [9.17, 15) is 13.2 Å². The van der Waals surface area contributed by atoms with Crippen LogP contribution in [0.2, 0.25) is 0 Å². The second kappa shape index (κ2) is 6.35. The molecule has 1 aromatic carbocycles. The minimum absolute atomic E-state index is 0.187. The van der Waals surface area contributed by atoms with Gasteiger partial charge in [-0.3, -0.25) is 0 Å². The molecule has 0 radical (unpaired) electrons. The quantitative estimate of drug-likeness (QED) is 0.869. The second-order valence-electron chi connectivity index (χ2n) is 5.15. The Bertz CT molecular complexity index is 431. The van der Waals surface area contributed by atoms with Gasteiger partial charge in [0, 0.05) is 23.8 Å². The lowest BCUT2D eigenvalue weighted by Gasteiger charge is -2.20. The van der Waals surface area contributed by atoms with Crippen molar-refractivity contribution in [1.82, 2.24) is 5.32 Å². The summed E-state index contributed by atoms with van der Waals surface area (Å²) in [7, 11) is 0. The molecule has 0 saturated carbocycles. The lowest BCUT2D eigenvalue weighted by Crippen LogP contribution is -2.29. The number of rotatable bonds is 5. The fourth-order valence-corrected chi connectivity index (χ4v) is 2.51. The van der Waals surface area contributed by atoms with E-state index < -0.39 is 6.36 Å². The molecular weight excluding hydrogens is 269 g/mol. The van der Waals surface area contributed by atoms with Crippen molar-refractivity contribution in [2.75, 3.05) is 11.9 Å². The van der Waals surface area contributed by atoms with Gasteiger partial charge in [0.25, 0.3) is 0 Å². The van der Waals surface area contributed by atoms with E-state index in [2.05, 4.69) is 15.4 Å². The lowest BCUT2D eigenvalue weighted by atomic mass is 10.1. The van der Waals surface area contributed by atoms with Gasteiger partial charge in [0.05, 0.1) is 0 Å². The Morgan fingerprint density at radius 3 is 2.90 bits per heavy atom. The zero-order valence-corrected chi connectivity index (χ0v) is 11.3. The molecule has 2 N–H and O–H groups in total. The van der Waals surface area contributed by atoms with Gasteiger partial charge in [-0.25, -0.2) is 0 Å². The van der Waals surface area contributed by atoms with Crippen LogP contribution < -0.4 is 15.4 Å². The van der Waals surface area contributed by atoms with Crippen molar-refractivity contribution >= 4 is 5.69 Å². The van der Waals surface area contributed by atoms with Gasteiger partial charge in [-0.1, -0.05) is 6.07 Å². The Morgan fingerprint density at radius 1 is 1.45 bits per heavy atom. The van der Waals surface area contributed by atoms with Gasteiger partial charge < -0.3 is 15.4 Å². The van der Waals surface area contributed by atoms with Crippen LogP contribution in [-0.2, 0) is 0 Å². The van der Waals surface area contributed by atoms with E-state index >= 15 is 0 Å². The topological polar surface area (TPSA) is 33.3 Å². The van der Waals surface area contributed by atoms with E-state index in [1.54, 1.807) is 12.1 Å². The molecule has 0 spiro atoms. The molecule has 0 aliphatic carbocycles. The molecule has 112 valence electrons. The van der Waals surface area contributed by atoms with E-state index in [0.29, 0.717) is 11.7 Å². The largest absolute Gasteiger partial charge is 0.573 e. The maximum absolute atomic E-state index is 12.2. The van der Waals surface area contributed by atoms with Crippen LogP contribution in [-0.4, -0.2) is 25.0 Å². The maximum Gasteiger partial charge on any atom is 0.573 e. The van der Waals surface area contributed by atoms with E-state index in [-0.39, 0.29) is 11.8 Å². The molecule has 1 aliphatic heterocycles. The molecule has 3 nitrogen and oxygen atoms in total. The fourth-order valence-electron chi connectivity index (χ4n) is 2.51. The zero-order chi connectivity index (χ0) is 14.6. The number of ether oxygens (including phenoxy) is 1. The smallest absolute Gasteiger partial charge is 0.406 e. The van der Waals surface area contributed by atoms with Crippen molar-refractivity contribution in [3.8, 4) is 5.75 Å². The number of hydrogen-bond acceptors (Lipinski definition) is 3. The summed E-state index contributed by atoms with van der Waals surface area (Å²) in [4.78, 5) is 0. The highest BCUT2D eigenvalue weighted by molar-refractivity contribution is 5.48. The van der Waals surface area contributed by atoms with E-state index in [1.807, 2.05) is 6.92 Å². The molecule has 2 atom stereocenters. The molecule has 2 rings (SSSR count). The third-order valence-electron chi connectivity index (χ3n) is 3.28. The van der Waals surface area contributed by atoms with Crippen molar-refractivity contribution in [3.63, 3.8) is 0 Å². The van der Waals surface area contributed by atoms with Crippen molar-refractivity contribution in [1.29, 1.82) is 0 Å². The Kier molecular flexibility index (Phi) is 4.75. The van der Waals surface area contributed by atoms with Crippen LogP contribution in [0.25, 0.3) is 0 Å². The molecule has 2 unspecified atom stereocenters. The Hall–Kier alpha value is -1.43. The van der Waals surface area contributed by atoms with Crippen molar-refractivity contribution in [2.24, 2.45) is 0 Å². The van der Waals surface area contributed by atoms with Crippen LogP contribution in [0, 0.1) is 0 Å². The van der Waals surface area contributed by atoms with Crippen LogP contribution in [0.4, 0.5) is 18.9 Å². The minimum Gasteiger partial charge on any atom is -0.406 e. The number of anilines is 1. The normalized spacial score (nSPS) is 20.7. The first kappa shape index (κ1) is 15.0. The summed E-state index contributed by atoms with van der Waals surface area (Å²) in [5.41, 5.74) is 0.636. The molecule has 0 bridgehead atoms. The third kappa shape index (κ3) is 4.92. The van der Waals surface area contributed by atoms with Gasteiger partial charge in [-0.2, -0.15) is 0 Å². The number of halogens is 3. The van der Waals surface area contributed by atoms with Gasteiger partial charge in [0.2, 0.25) is 0 Å². The Balaban J connectivity index is 1.89. The lowest BCUT2D eigenvalue weighted by molar-refractivity contribution is -0.274. The number of nitrogens with one attached hydrogen (secondary N) is 2. The summed E-state index contributed by atoms with van der Waals surface area (Å²) < 4.78 is 40.4. The standard InChI is InChI=1S/C14H19F3N2O/c1-10(8-11-5-3-7-18-11)19-12-4-2-6-13(9-12)20-14(15,16)17/h2,4,6,9-11,18-19H,3,5,7-8H2,1H3. The molecule has 20 heavy (non-hydrogen) atoms. The first-order valence-electron chi connectivity index (χ1n) is 6.78. The highest BCUT2D eigenvalue weighted by Gasteiger charge is 2.31. The van der Waals surface area contributed by atoms with E-state index in [1.165, 1.54) is 18.6 Å². The van der Waals surface area contributed by atoms with Crippen LogP contribution in [0.5, 0.6) is 5.75 Å². The molecule has 0 amide bonds. The van der Waals surface area contributed by atoms with Gasteiger partial charge in [0.1, 0.15) is 5.75 Å². The van der Waals surface area contributed by atoms with Crippen molar-refractivity contribution in [2.45, 2.75) is 44.6 Å². The summed E-state index contributed by atoms with van der Waals surface area (Å²) in [6, 6.07) is 6.62. The van der Waals surface area contributed by atoms with Gasteiger partial charge >= 0.3 is 6.36 Å². The number of hydrogen-bond donors (Lipinski definition) is 2. The predicted molar refractivity (Wildman–Crippen MR) is 71.9 cm³/mol. The highest BCUT2D eigenvalue weighted by atomic mass is 19.4. The monoisotopic (exact) mass is 288 g/mol. The molecule has 6 heteroatoms. The van der Waals surface area contributed by atoms with E-state index in [4.69, 9.17) is 0 Å². The van der Waals surface area contributed by atoms with Crippen LogP contribution in [0.3, 0.4) is 0 Å². The average Bonchev–Trinajstić information content (AvgIpc) is 2.79. The van der Waals surface area contributed by atoms with Gasteiger partial charge in [-0.15, -0.1) is 13.2 Å². The molecule has 1 heterocycles. The molecule has 1 saturated heterocycles. The first-order valence-corrected chi connectivity index (χ1v) is 6.78.